The molecule has 0 spiro atoms. The zero-order chi connectivity index (χ0) is 18.5. The van der Waals surface area contributed by atoms with Gasteiger partial charge in [0.25, 0.3) is 5.91 Å². The van der Waals surface area contributed by atoms with Crippen LogP contribution in [0.5, 0.6) is 5.75 Å². The average Bonchev–Trinajstić information content (AvgIpc) is 3.02. The molecule has 2 N–H and O–H groups in total. The first-order chi connectivity index (χ1) is 12.6. The maximum Gasteiger partial charge on any atom is 0.305 e. The van der Waals surface area contributed by atoms with Crippen LogP contribution in [-0.4, -0.2) is 18.9 Å². The van der Waals surface area contributed by atoms with Crippen molar-refractivity contribution in [2.45, 2.75) is 6.92 Å². The number of ether oxygens (including phenoxy) is 1. The summed E-state index contributed by atoms with van der Waals surface area (Å²) in [6.45, 7) is 1.80. The first-order valence-corrected chi connectivity index (χ1v) is 7.99. The maximum absolute atomic E-state index is 12.2. The number of rotatable bonds is 4. The zero-order valence-electron chi connectivity index (χ0n) is 14.4. The molecule has 132 valence electrons. The Kier molecular flexibility index (Phi) is 5.03. The number of amides is 2. The van der Waals surface area contributed by atoms with Crippen LogP contribution < -0.4 is 15.6 Å². The molecule has 0 aliphatic rings. The van der Waals surface area contributed by atoms with Crippen LogP contribution in [0.15, 0.2) is 59.0 Å². The number of para-hydroxylation sites is 1. The van der Waals surface area contributed by atoms with Gasteiger partial charge in [-0.2, -0.15) is 0 Å². The van der Waals surface area contributed by atoms with E-state index in [1.165, 1.54) is 6.08 Å². The van der Waals surface area contributed by atoms with Crippen molar-refractivity contribution in [1.82, 2.24) is 10.9 Å². The Bertz CT molecular complexity index is 971. The van der Waals surface area contributed by atoms with Gasteiger partial charge in [-0.3, -0.25) is 20.4 Å². The minimum atomic E-state index is -0.509. The molecule has 26 heavy (non-hydrogen) atoms. The number of methoxy groups -OCH3 is 1. The number of carbonyl (C=O) groups excluding carboxylic acids is 2. The van der Waals surface area contributed by atoms with E-state index in [1.54, 1.807) is 38.3 Å². The lowest BCUT2D eigenvalue weighted by atomic mass is 10.1. The summed E-state index contributed by atoms with van der Waals surface area (Å²) in [7, 11) is 1.59. The summed E-state index contributed by atoms with van der Waals surface area (Å²) >= 11 is 0. The zero-order valence-corrected chi connectivity index (χ0v) is 14.4. The van der Waals surface area contributed by atoms with Crippen LogP contribution >= 0.6 is 0 Å². The molecule has 6 nitrogen and oxygen atoms in total. The van der Waals surface area contributed by atoms with Gasteiger partial charge in [-0.25, -0.2) is 0 Å². The molecule has 0 radical (unpaired) electrons. The number of hydrazine groups is 1. The van der Waals surface area contributed by atoms with Crippen LogP contribution in [0.4, 0.5) is 0 Å². The maximum atomic E-state index is 12.2. The Balaban J connectivity index is 1.60. The van der Waals surface area contributed by atoms with Crippen molar-refractivity contribution in [2.24, 2.45) is 0 Å². The monoisotopic (exact) mass is 350 g/mol. The van der Waals surface area contributed by atoms with E-state index in [0.717, 1.165) is 22.3 Å². The molecule has 3 aromatic rings. The van der Waals surface area contributed by atoms with Gasteiger partial charge in [-0.15, -0.1) is 0 Å². The summed E-state index contributed by atoms with van der Waals surface area (Å²) in [4.78, 5) is 24.1. The molecular formula is C20H18N2O4. The van der Waals surface area contributed by atoms with E-state index in [4.69, 9.17) is 9.15 Å². The largest absolute Gasteiger partial charge is 0.497 e. The van der Waals surface area contributed by atoms with Crippen LogP contribution in [0.3, 0.4) is 0 Å². The lowest BCUT2D eigenvalue weighted by molar-refractivity contribution is -0.117. The van der Waals surface area contributed by atoms with Gasteiger partial charge in [-0.1, -0.05) is 30.3 Å². The highest BCUT2D eigenvalue weighted by Crippen LogP contribution is 2.24. The first-order valence-electron chi connectivity index (χ1n) is 7.99. The second-order valence-electron chi connectivity index (χ2n) is 5.60. The summed E-state index contributed by atoms with van der Waals surface area (Å²) in [5.74, 6) is -0.0569. The van der Waals surface area contributed by atoms with E-state index in [1.807, 2.05) is 30.3 Å². The molecule has 2 aromatic carbocycles. The third kappa shape index (κ3) is 3.75. The van der Waals surface area contributed by atoms with Crippen molar-refractivity contribution in [2.75, 3.05) is 7.11 Å². The lowest BCUT2D eigenvalue weighted by Gasteiger charge is -2.04. The Hall–Kier alpha value is -3.54. The topological polar surface area (TPSA) is 80.6 Å². The van der Waals surface area contributed by atoms with Gasteiger partial charge in [0, 0.05) is 17.0 Å². The van der Waals surface area contributed by atoms with E-state index < -0.39 is 11.8 Å². The lowest BCUT2D eigenvalue weighted by Crippen LogP contribution is -2.40. The Morgan fingerprint density at radius 1 is 1.04 bits per heavy atom. The van der Waals surface area contributed by atoms with E-state index >= 15 is 0 Å². The van der Waals surface area contributed by atoms with Crippen LogP contribution in [0.1, 0.15) is 21.7 Å². The molecule has 2 amide bonds. The standard InChI is InChI=1S/C20H18N2O4/c1-13-16-5-3-4-6-17(16)26-19(13)20(24)22-21-18(23)12-9-14-7-10-15(25-2)11-8-14/h3-12H,1-2H3,(H,21,23)(H,22,24)/b12-9+. The summed E-state index contributed by atoms with van der Waals surface area (Å²) in [5, 5.41) is 0.864. The van der Waals surface area contributed by atoms with Crippen molar-refractivity contribution in [1.29, 1.82) is 0 Å². The number of fused-ring (bicyclic) bond motifs is 1. The quantitative estimate of drug-likeness (QED) is 0.559. The third-order valence-electron chi connectivity index (χ3n) is 3.89. The van der Waals surface area contributed by atoms with Gasteiger partial charge < -0.3 is 9.15 Å². The van der Waals surface area contributed by atoms with Gasteiger partial charge in [0.2, 0.25) is 0 Å². The van der Waals surface area contributed by atoms with Gasteiger partial charge >= 0.3 is 5.91 Å². The van der Waals surface area contributed by atoms with Crippen LogP contribution in [0.2, 0.25) is 0 Å². The number of aryl methyl sites for hydroxylation is 1. The molecule has 0 aliphatic heterocycles. The minimum absolute atomic E-state index is 0.172. The summed E-state index contributed by atoms with van der Waals surface area (Å²) < 4.78 is 10.6. The predicted octanol–water partition coefficient (Wildman–Crippen LogP) is 3.22. The predicted molar refractivity (Wildman–Crippen MR) is 98.6 cm³/mol. The number of hydrogen-bond acceptors (Lipinski definition) is 4. The van der Waals surface area contributed by atoms with Crippen LogP contribution in [0.25, 0.3) is 17.0 Å². The second-order valence-corrected chi connectivity index (χ2v) is 5.60. The molecular weight excluding hydrogens is 332 g/mol. The van der Waals surface area contributed by atoms with Crippen molar-refractivity contribution in [3.05, 3.63) is 71.5 Å². The Morgan fingerprint density at radius 3 is 2.46 bits per heavy atom. The van der Waals surface area contributed by atoms with Gasteiger partial charge in [0.15, 0.2) is 5.76 Å². The number of furan rings is 1. The highest BCUT2D eigenvalue weighted by atomic mass is 16.5. The normalized spacial score (nSPS) is 10.8. The molecule has 6 heteroatoms. The fourth-order valence-electron chi connectivity index (χ4n) is 2.49. The molecule has 0 atom stereocenters. The number of carbonyl (C=O) groups is 2. The van der Waals surface area contributed by atoms with Crippen molar-refractivity contribution in [3.63, 3.8) is 0 Å². The van der Waals surface area contributed by atoms with Gasteiger partial charge in [-0.05, 0) is 36.8 Å². The van der Waals surface area contributed by atoms with Gasteiger partial charge in [0.1, 0.15) is 11.3 Å². The summed E-state index contributed by atoms with van der Waals surface area (Å²) in [6, 6.07) is 14.6. The summed E-state index contributed by atoms with van der Waals surface area (Å²) in [5.41, 5.74) is 6.87. The molecule has 3 rings (SSSR count). The molecule has 0 unspecified atom stereocenters. The highest BCUT2D eigenvalue weighted by molar-refractivity contribution is 6.00. The first kappa shape index (κ1) is 17.3. The Morgan fingerprint density at radius 2 is 1.77 bits per heavy atom. The third-order valence-corrected chi connectivity index (χ3v) is 3.89. The smallest absolute Gasteiger partial charge is 0.305 e. The molecule has 0 saturated carbocycles. The molecule has 0 aliphatic carbocycles. The minimum Gasteiger partial charge on any atom is -0.497 e. The van der Waals surface area contributed by atoms with E-state index in [9.17, 15) is 9.59 Å². The van der Waals surface area contributed by atoms with Gasteiger partial charge in [0.05, 0.1) is 7.11 Å². The van der Waals surface area contributed by atoms with Crippen molar-refractivity contribution < 1.29 is 18.7 Å². The fraction of sp³-hybridized carbons (Fsp3) is 0.100. The number of nitrogens with one attached hydrogen (secondary N) is 2. The molecule has 1 aromatic heterocycles. The number of hydrogen-bond donors (Lipinski definition) is 2. The summed E-state index contributed by atoms with van der Waals surface area (Å²) in [6.07, 6.45) is 2.96. The highest BCUT2D eigenvalue weighted by Gasteiger charge is 2.17. The molecule has 1 heterocycles. The van der Waals surface area contributed by atoms with E-state index in [-0.39, 0.29) is 5.76 Å². The SMILES string of the molecule is COc1ccc(/C=C/C(=O)NNC(=O)c2oc3ccccc3c2C)cc1. The van der Waals surface area contributed by atoms with Crippen molar-refractivity contribution in [3.8, 4) is 5.75 Å². The van der Waals surface area contributed by atoms with Crippen LogP contribution in [-0.2, 0) is 4.79 Å². The fourth-order valence-corrected chi connectivity index (χ4v) is 2.49. The molecule has 0 fully saturated rings. The molecule has 0 saturated heterocycles. The van der Waals surface area contributed by atoms with E-state index in [2.05, 4.69) is 10.9 Å². The van der Waals surface area contributed by atoms with Crippen LogP contribution in [0, 0.1) is 6.92 Å². The van der Waals surface area contributed by atoms with Crippen molar-refractivity contribution >= 4 is 28.9 Å². The number of benzene rings is 2. The Labute approximate surface area is 150 Å². The second kappa shape index (κ2) is 7.57. The van der Waals surface area contributed by atoms with E-state index in [0.29, 0.717) is 5.58 Å². The molecule has 0 bridgehead atoms. The average molecular weight is 350 g/mol.